The molecule has 1 heterocycles. The summed E-state index contributed by atoms with van der Waals surface area (Å²) in [5, 5.41) is 3.75. The summed E-state index contributed by atoms with van der Waals surface area (Å²) in [5.74, 6) is -0.437. The molecule has 3 aromatic rings. The number of halogens is 2. The number of benzene rings is 2. The van der Waals surface area contributed by atoms with Gasteiger partial charge < -0.3 is 10.3 Å². The number of carbonyl (C=O) groups excluding carboxylic acids is 1. The van der Waals surface area contributed by atoms with E-state index in [-0.39, 0.29) is 21.0 Å². The molecule has 0 spiro atoms. The lowest BCUT2D eigenvalue weighted by Crippen LogP contribution is -2.14. The van der Waals surface area contributed by atoms with Crippen LogP contribution in [0.3, 0.4) is 0 Å². The van der Waals surface area contributed by atoms with Crippen molar-refractivity contribution in [3.05, 3.63) is 74.5 Å². The van der Waals surface area contributed by atoms with E-state index in [4.69, 9.17) is 23.2 Å². The highest BCUT2D eigenvalue weighted by Gasteiger charge is 2.16. The van der Waals surface area contributed by atoms with Gasteiger partial charge >= 0.3 is 0 Å². The van der Waals surface area contributed by atoms with Crippen LogP contribution in [0.15, 0.2) is 53.5 Å². The van der Waals surface area contributed by atoms with E-state index in [0.717, 1.165) is 0 Å². The molecule has 0 bridgehead atoms. The number of H-pyrrole nitrogens is 1. The Balaban J connectivity index is 2.06. The summed E-state index contributed by atoms with van der Waals surface area (Å²) in [6.07, 6.45) is 1.53. The van der Waals surface area contributed by atoms with Gasteiger partial charge in [-0.3, -0.25) is 9.59 Å². The molecule has 0 radical (unpaired) electrons. The van der Waals surface area contributed by atoms with Crippen molar-refractivity contribution in [3.63, 3.8) is 0 Å². The van der Waals surface area contributed by atoms with Gasteiger partial charge in [0.2, 0.25) is 0 Å². The third-order valence-electron chi connectivity index (χ3n) is 3.23. The summed E-state index contributed by atoms with van der Waals surface area (Å²) in [5.41, 5.74) is 1.10. The van der Waals surface area contributed by atoms with Crippen molar-refractivity contribution in [2.24, 2.45) is 0 Å². The average molecular weight is 333 g/mol. The summed E-state index contributed by atoms with van der Waals surface area (Å²) in [6, 6.07) is 11.4. The SMILES string of the molecule is O=C(Nc1cccc2c(=O)cc[nH]c12)c1c(Cl)cccc1Cl. The first-order valence-corrected chi connectivity index (χ1v) is 7.19. The number of para-hydroxylation sites is 1. The molecule has 0 aliphatic heterocycles. The lowest BCUT2D eigenvalue weighted by atomic mass is 10.1. The first-order chi connectivity index (χ1) is 10.6. The van der Waals surface area contributed by atoms with E-state index in [0.29, 0.717) is 16.6 Å². The van der Waals surface area contributed by atoms with Crippen molar-refractivity contribution in [3.8, 4) is 0 Å². The number of hydrogen-bond donors (Lipinski definition) is 2. The molecule has 0 fully saturated rings. The third-order valence-corrected chi connectivity index (χ3v) is 3.86. The smallest absolute Gasteiger partial charge is 0.258 e. The zero-order valence-electron chi connectivity index (χ0n) is 11.2. The van der Waals surface area contributed by atoms with Crippen molar-refractivity contribution in [1.29, 1.82) is 0 Å². The second-order valence-corrected chi connectivity index (χ2v) is 5.44. The van der Waals surface area contributed by atoms with E-state index >= 15 is 0 Å². The molecule has 0 saturated heterocycles. The highest BCUT2D eigenvalue weighted by molar-refractivity contribution is 6.40. The molecule has 0 aliphatic carbocycles. The van der Waals surface area contributed by atoms with Crippen LogP contribution in [0.5, 0.6) is 0 Å². The van der Waals surface area contributed by atoms with Gasteiger partial charge in [-0.25, -0.2) is 0 Å². The predicted molar refractivity (Wildman–Crippen MR) is 89.0 cm³/mol. The summed E-state index contributed by atoms with van der Waals surface area (Å²) in [4.78, 5) is 27.2. The van der Waals surface area contributed by atoms with Gasteiger partial charge in [-0.2, -0.15) is 0 Å². The Bertz CT molecular complexity index is 915. The molecule has 22 heavy (non-hydrogen) atoms. The first-order valence-electron chi connectivity index (χ1n) is 6.43. The Morgan fingerprint density at radius 1 is 1.00 bits per heavy atom. The summed E-state index contributed by atoms with van der Waals surface area (Å²) in [6.45, 7) is 0. The molecule has 2 aromatic carbocycles. The molecule has 6 heteroatoms. The number of amides is 1. The molecular formula is C16H10Cl2N2O2. The van der Waals surface area contributed by atoms with Crippen molar-refractivity contribution in [2.75, 3.05) is 5.32 Å². The molecule has 0 saturated carbocycles. The van der Waals surface area contributed by atoms with Gasteiger partial charge in [0.05, 0.1) is 26.8 Å². The standard InChI is InChI=1S/C16H10Cl2N2O2/c17-10-4-2-5-11(18)14(10)16(22)20-12-6-1-3-9-13(21)7-8-19-15(9)12/h1-8H,(H,19,21)(H,20,22). The Labute approximate surface area is 135 Å². The minimum absolute atomic E-state index is 0.124. The minimum Gasteiger partial charge on any atom is -0.359 e. The topological polar surface area (TPSA) is 62.0 Å². The summed E-state index contributed by atoms with van der Waals surface area (Å²) >= 11 is 12.1. The van der Waals surface area contributed by atoms with Gasteiger partial charge in [0, 0.05) is 17.6 Å². The quantitative estimate of drug-likeness (QED) is 0.742. The van der Waals surface area contributed by atoms with Crippen LogP contribution in [-0.2, 0) is 0 Å². The van der Waals surface area contributed by atoms with Gasteiger partial charge in [-0.05, 0) is 24.3 Å². The lowest BCUT2D eigenvalue weighted by Gasteiger charge is -2.10. The van der Waals surface area contributed by atoms with Gasteiger partial charge in [0.1, 0.15) is 0 Å². The fourth-order valence-electron chi connectivity index (χ4n) is 2.21. The Morgan fingerprint density at radius 2 is 1.68 bits per heavy atom. The van der Waals surface area contributed by atoms with Crippen LogP contribution in [0, 0.1) is 0 Å². The molecule has 0 aliphatic rings. The monoisotopic (exact) mass is 332 g/mol. The van der Waals surface area contributed by atoms with E-state index in [1.165, 1.54) is 12.3 Å². The maximum Gasteiger partial charge on any atom is 0.258 e. The normalized spacial score (nSPS) is 10.6. The Kier molecular flexibility index (Phi) is 3.88. The fourth-order valence-corrected chi connectivity index (χ4v) is 2.78. The molecule has 0 unspecified atom stereocenters. The van der Waals surface area contributed by atoms with Crippen LogP contribution in [0.2, 0.25) is 10.0 Å². The Hall–Kier alpha value is -2.30. The van der Waals surface area contributed by atoms with Crippen LogP contribution in [0.4, 0.5) is 5.69 Å². The number of aromatic nitrogens is 1. The molecular weight excluding hydrogens is 323 g/mol. The summed E-state index contributed by atoms with van der Waals surface area (Å²) in [7, 11) is 0. The van der Waals surface area contributed by atoms with Crippen molar-refractivity contribution in [2.45, 2.75) is 0 Å². The third kappa shape index (κ3) is 2.58. The van der Waals surface area contributed by atoms with Gasteiger partial charge in [-0.1, -0.05) is 35.3 Å². The zero-order chi connectivity index (χ0) is 15.7. The molecule has 110 valence electrons. The van der Waals surface area contributed by atoms with Crippen molar-refractivity contribution < 1.29 is 4.79 Å². The number of aromatic amines is 1. The number of pyridine rings is 1. The fraction of sp³-hybridized carbons (Fsp3) is 0. The molecule has 4 nitrogen and oxygen atoms in total. The molecule has 3 rings (SSSR count). The highest BCUT2D eigenvalue weighted by Crippen LogP contribution is 2.26. The van der Waals surface area contributed by atoms with Gasteiger partial charge in [0.25, 0.3) is 5.91 Å². The predicted octanol–water partition coefficient (Wildman–Crippen LogP) is 4.09. The van der Waals surface area contributed by atoms with E-state index in [2.05, 4.69) is 10.3 Å². The summed E-state index contributed by atoms with van der Waals surface area (Å²) < 4.78 is 0. The van der Waals surface area contributed by atoms with Crippen LogP contribution >= 0.6 is 23.2 Å². The second kappa shape index (κ2) is 5.83. The zero-order valence-corrected chi connectivity index (χ0v) is 12.7. The van der Waals surface area contributed by atoms with Crippen LogP contribution in [0.25, 0.3) is 10.9 Å². The number of rotatable bonds is 2. The minimum atomic E-state index is -0.437. The average Bonchev–Trinajstić information content (AvgIpc) is 2.48. The van der Waals surface area contributed by atoms with Crippen LogP contribution in [0.1, 0.15) is 10.4 Å². The van der Waals surface area contributed by atoms with E-state index in [1.807, 2.05) is 0 Å². The highest BCUT2D eigenvalue weighted by atomic mass is 35.5. The number of anilines is 1. The van der Waals surface area contributed by atoms with E-state index < -0.39 is 5.91 Å². The number of hydrogen-bond acceptors (Lipinski definition) is 2. The van der Waals surface area contributed by atoms with Crippen LogP contribution in [-0.4, -0.2) is 10.9 Å². The van der Waals surface area contributed by atoms with E-state index in [1.54, 1.807) is 36.4 Å². The van der Waals surface area contributed by atoms with Crippen molar-refractivity contribution in [1.82, 2.24) is 4.98 Å². The van der Waals surface area contributed by atoms with Crippen molar-refractivity contribution >= 4 is 45.7 Å². The maximum atomic E-state index is 12.4. The Morgan fingerprint density at radius 3 is 2.41 bits per heavy atom. The van der Waals surface area contributed by atoms with Gasteiger partial charge in [0.15, 0.2) is 5.43 Å². The number of nitrogens with one attached hydrogen (secondary N) is 2. The van der Waals surface area contributed by atoms with E-state index in [9.17, 15) is 9.59 Å². The van der Waals surface area contributed by atoms with Gasteiger partial charge in [-0.15, -0.1) is 0 Å². The largest absolute Gasteiger partial charge is 0.359 e. The first kappa shape index (κ1) is 14.6. The van der Waals surface area contributed by atoms with Crippen LogP contribution < -0.4 is 10.7 Å². The molecule has 0 atom stereocenters. The number of carbonyl (C=O) groups is 1. The lowest BCUT2D eigenvalue weighted by molar-refractivity contribution is 0.102. The number of fused-ring (bicyclic) bond motifs is 1. The molecule has 1 aromatic heterocycles. The maximum absolute atomic E-state index is 12.4. The second-order valence-electron chi connectivity index (χ2n) is 4.62. The molecule has 2 N–H and O–H groups in total. The molecule has 1 amide bonds.